The van der Waals surface area contributed by atoms with Crippen molar-refractivity contribution in [2.24, 2.45) is 5.73 Å². The van der Waals surface area contributed by atoms with Crippen molar-refractivity contribution in [3.8, 4) is 6.07 Å². The average molecular weight is 291 g/mol. The number of nitrogens with two attached hydrogens (primary N) is 1. The highest BCUT2D eigenvalue weighted by molar-refractivity contribution is 5.81. The van der Waals surface area contributed by atoms with Gasteiger partial charge in [0, 0.05) is 25.7 Å². The number of ether oxygens (including phenoxy) is 1. The SMILES string of the molecule is CN(Cc1cc(C#N)ccc1F)C(=O)C1CCC(CN)O1. The first kappa shape index (κ1) is 15.4. The second kappa shape index (κ2) is 6.66. The topological polar surface area (TPSA) is 79.4 Å². The number of halogens is 1. The fraction of sp³-hybridized carbons (Fsp3) is 0.467. The third kappa shape index (κ3) is 3.57. The van der Waals surface area contributed by atoms with E-state index >= 15 is 0 Å². The third-order valence-corrected chi connectivity index (χ3v) is 3.60. The molecule has 112 valence electrons. The van der Waals surface area contributed by atoms with E-state index in [1.165, 1.54) is 23.1 Å². The molecule has 21 heavy (non-hydrogen) atoms. The molecule has 2 rings (SSSR count). The van der Waals surface area contributed by atoms with Gasteiger partial charge < -0.3 is 15.4 Å². The van der Waals surface area contributed by atoms with Crippen molar-refractivity contribution in [2.75, 3.05) is 13.6 Å². The summed E-state index contributed by atoms with van der Waals surface area (Å²) in [7, 11) is 1.60. The van der Waals surface area contributed by atoms with Gasteiger partial charge in [-0.15, -0.1) is 0 Å². The van der Waals surface area contributed by atoms with Gasteiger partial charge in [0.25, 0.3) is 5.91 Å². The van der Waals surface area contributed by atoms with Gasteiger partial charge in [0.05, 0.1) is 17.7 Å². The highest BCUT2D eigenvalue weighted by Gasteiger charge is 2.31. The van der Waals surface area contributed by atoms with Gasteiger partial charge in [-0.3, -0.25) is 4.79 Å². The summed E-state index contributed by atoms with van der Waals surface area (Å²) in [5, 5.41) is 8.84. The van der Waals surface area contributed by atoms with Gasteiger partial charge >= 0.3 is 0 Å². The largest absolute Gasteiger partial charge is 0.364 e. The van der Waals surface area contributed by atoms with Crippen LogP contribution in [0.25, 0.3) is 0 Å². The first-order chi connectivity index (χ1) is 10.0. The number of hydrogen-bond donors (Lipinski definition) is 1. The third-order valence-electron chi connectivity index (χ3n) is 3.60. The van der Waals surface area contributed by atoms with Crippen molar-refractivity contribution >= 4 is 5.91 Å². The number of amides is 1. The predicted molar refractivity (Wildman–Crippen MR) is 74.5 cm³/mol. The predicted octanol–water partition coefficient (Wildman–Crippen LogP) is 1.16. The van der Waals surface area contributed by atoms with E-state index in [9.17, 15) is 9.18 Å². The molecule has 1 aromatic carbocycles. The molecule has 0 saturated carbocycles. The molecule has 2 unspecified atom stereocenters. The highest BCUT2D eigenvalue weighted by Crippen LogP contribution is 2.21. The number of nitriles is 1. The van der Waals surface area contributed by atoms with E-state index in [1.54, 1.807) is 7.05 Å². The second-order valence-corrected chi connectivity index (χ2v) is 5.17. The molecule has 1 heterocycles. The van der Waals surface area contributed by atoms with E-state index in [1.807, 2.05) is 6.07 Å². The zero-order valence-corrected chi connectivity index (χ0v) is 11.9. The maximum Gasteiger partial charge on any atom is 0.251 e. The van der Waals surface area contributed by atoms with Gasteiger partial charge in [0.1, 0.15) is 11.9 Å². The average Bonchev–Trinajstić information content (AvgIpc) is 2.97. The van der Waals surface area contributed by atoms with Crippen molar-refractivity contribution < 1.29 is 13.9 Å². The Morgan fingerprint density at radius 1 is 1.57 bits per heavy atom. The summed E-state index contributed by atoms with van der Waals surface area (Å²) in [6.07, 6.45) is 0.807. The van der Waals surface area contributed by atoms with E-state index in [4.69, 9.17) is 15.7 Å². The van der Waals surface area contributed by atoms with Gasteiger partial charge in [-0.05, 0) is 31.0 Å². The zero-order chi connectivity index (χ0) is 15.4. The minimum absolute atomic E-state index is 0.0778. The van der Waals surface area contributed by atoms with Crippen molar-refractivity contribution in [3.05, 3.63) is 35.1 Å². The Morgan fingerprint density at radius 3 is 2.95 bits per heavy atom. The lowest BCUT2D eigenvalue weighted by Gasteiger charge is -2.21. The molecule has 1 amide bonds. The molecule has 1 fully saturated rings. The van der Waals surface area contributed by atoms with Crippen LogP contribution in [0.3, 0.4) is 0 Å². The fourth-order valence-electron chi connectivity index (χ4n) is 2.41. The Balaban J connectivity index is 2.03. The molecule has 1 aromatic rings. The van der Waals surface area contributed by atoms with Crippen molar-refractivity contribution in [3.63, 3.8) is 0 Å². The second-order valence-electron chi connectivity index (χ2n) is 5.17. The number of likely N-dealkylation sites (N-methyl/N-ethyl adjacent to an activating group) is 1. The maximum absolute atomic E-state index is 13.7. The lowest BCUT2D eigenvalue weighted by Crippen LogP contribution is -2.36. The molecule has 1 aliphatic heterocycles. The first-order valence-electron chi connectivity index (χ1n) is 6.84. The number of carbonyl (C=O) groups excluding carboxylic acids is 1. The summed E-state index contributed by atoms with van der Waals surface area (Å²) in [5.41, 5.74) is 6.20. The summed E-state index contributed by atoms with van der Waals surface area (Å²) in [6.45, 7) is 0.500. The van der Waals surface area contributed by atoms with Crippen LogP contribution in [0.1, 0.15) is 24.0 Å². The van der Waals surface area contributed by atoms with Gasteiger partial charge in [0.15, 0.2) is 0 Å². The molecule has 1 aliphatic rings. The Kier molecular flexibility index (Phi) is 4.89. The minimum atomic E-state index is -0.509. The Hall–Kier alpha value is -1.97. The number of nitrogens with zero attached hydrogens (tertiary/aromatic N) is 2. The van der Waals surface area contributed by atoms with Crippen LogP contribution in [0.15, 0.2) is 18.2 Å². The highest BCUT2D eigenvalue weighted by atomic mass is 19.1. The van der Waals surface area contributed by atoms with Crippen LogP contribution in [0, 0.1) is 17.1 Å². The van der Waals surface area contributed by atoms with E-state index in [2.05, 4.69) is 0 Å². The van der Waals surface area contributed by atoms with Crippen LogP contribution < -0.4 is 5.73 Å². The van der Waals surface area contributed by atoms with Crippen molar-refractivity contribution in [2.45, 2.75) is 31.6 Å². The smallest absolute Gasteiger partial charge is 0.251 e. The lowest BCUT2D eigenvalue weighted by atomic mass is 10.1. The number of rotatable bonds is 4. The molecule has 0 spiro atoms. The number of hydrogen-bond acceptors (Lipinski definition) is 4. The molecule has 0 aliphatic carbocycles. The molecule has 0 aromatic heterocycles. The lowest BCUT2D eigenvalue weighted by molar-refractivity contribution is -0.141. The quantitative estimate of drug-likeness (QED) is 0.903. The van der Waals surface area contributed by atoms with E-state index < -0.39 is 11.9 Å². The summed E-state index contributed by atoms with van der Waals surface area (Å²) in [4.78, 5) is 13.7. The zero-order valence-electron chi connectivity index (χ0n) is 11.9. The summed E-state index contributed by atoms with van der Waals surface area (Å²) in [6, 6.07) is 6.06. The van der Waals surface area contributed by atoms with Crippen LogP contribution in [0.2, 0.25) is 0 Å². The normalized spacial score (nSPS) is 21.0. The van der Waals surface area contributed by atoms with Crippen LogP contribution in [0.4, 0.5) is 4.39 Å². The Bertz CT molecular complexity index is 571. The van der Waals surface area contributed by atoms with Gasteiger partial charge in [-0.25, -0.2) is 4.39 Å². The van der Waals surface area contributed by atoms with E-state index in [0.717, 1.165) is 6.42 Å². The molecule has 0 radical (unpaired) electrons. The molecule has 2 atom stereocenters. The standard InChI is InChI=1S/C15H18FN3O2/c1-19(15(20)14-5-3-12(8-18)21-14)9-11-6-10(7-17)2-4-13(11)16/h2,4,6,12,14H,3,5,8-9,18H2,1H3. The summed E-state index contributed by atoms with van der Waals surface area (Å²) >= 11 is 0. The van der Waals surface area contributed by atoms with Crippen LogP contribution in [0.5, 0.6) is 0 Å². The molecule has 5 nitrogen and oxygen atoms in total. The van der Waals surface area contributed by atoms with E-state index in [-0.39, 0.29) is 18.6 Å². The Morgan fingerprint density at radius 2 is 2.33 bits per heavy atom. The monoisotopic (exact) mass is 291 g/mol. The fourth-order valence-corrected chi connectivity index (χ4v) is 2.41. The summed E-state index contributed by atoms with van der Waals surface area (Å²) < 4.78 is 19.3. The van der Waals surface area contributed by atoms with Gasteiger partial charge in [0.2, 0.25) is 0 Å². The van der Waals surface area contributed by atoms with Crippen molar-refractivity contribution in [1.29, 1.82) is 5.26 Å². The molecule has 6 heteroatoms. The molecule has 1 saturated heterocycles. The maximum atomic E-state index is 13.7. The van der Waals surface area contributed by atoms with Crippen LogP contribution in [-0.2, 0) is 16.1 Å². The van der Waals surface area contributed by atoms with Crippen LogP contribution >= 0.6 is 0 Å². The molecule has 0 bridgehead atoms. The van der Waals surface area contributed by atoms with E-state index in [0.29, 0.717) is 24.1 Å². The van der Waals surface area contributed by atoms with Crippen LogP contribution in [-0.4, -0.2) is 36.6 Å². The number of carbonyl (C=O) groups is 1. The van der Waals surface area contributed by atoms with Crippen molar-refractivity contribution in [1.82, 2.24) is 4.90 Å². The van der Waals surface area contributed by atoms with Gasteiger partial charge in [-0.2, -0.15) is 5.26 Å². The summed E-state index contributed by atoms with van der Waals surface area (Å²) in [5.74, 6) is -0.617. The first-order valence-corrected chi connectivity index (χ1v) is 6.84. The minimum Gasteiger partial charge on any atom is -0.364 e. The molecule has 2 N–H and O–H groups in total. The Labute approximate surface area is 123 Å². The molecular weight excluding hydrogens is 273 g/mol. The molecular formula is C15H18FN3O2. The van der Waals surface area contributed by atoms with Gasteiger partial charge in [-0.1, -0.05) is 0 Å². The number of benzene rings is 1.